The van der Waals surface area contributed by atoms with E-state index < -0.39 is 0 Å². The van der Waals surface area contributed by atoms with Crippen molar-refractivity contribution in [1.29, 1.82) is 0 Å². The highest BCUT2D eigenvalue weighted by Crippen LogP contribution is 2.30. The molecule has 1 saturated carbocycles. The molecule has 1 aliphatic rings. The van der Waals surface area contributed by atoms with Gasteiger partial charge in [-0.15, -0.1) is 0 Å². The number of hydrogen-bond donors (Lipinski definition) is 2. The van der Waals surface area contributed by atoms with E-state index in [0.717, 1.165) is 25.8 Å². The maximum absolute atomic E-state index is 12.2. The van der Waals surface area contributed by atoms with Crippen molar-refractivity contribution in [3.05, 3.63) is 0 Å². The molecule has 3 unspecified atom stereocenters. The van der Waals surface area contributed by atoms with Crippen LogP contribution in [0, 0.1) is 17.8 Å². The molecule has 0 aromatic carbocycles. The van der Waals surface area contributed by atoms with Gasteiger partial charge in [0, 0.05) is 18.5 Å². The van der Waals surface area contributed by atoms with E-state index in [0.29, 0.717) is 24.4 Å². The van der Waals surface area contributed by atoms with Crippen LogP contribution in [0.1, 0.15) is 33.1 Å². The molecule has 1 aliphatic carbocycles. The van der Waals surface area contributed by atoms with Crippen LogP contribution in [0.15, 0.2) is 0 Å². The number of rotatable bonds is 6. The predicted octanol–water partition coefficient (Wildman–Crippen LogP) is 1.06. The highest BCUT2D eigenvalue weighted by atomic mass is 16.1. The molecule has 4 nitrogen and oxygen atoms in total. The fraction of sp³-hybridized carbons (Fsp3) is 0.929. The Hall–Kier alpha value is -0.610. The second-order valence-electron chi connectivity index (χ2n) is 6.05. The second kappa shape index (κ2) is 7.10. The van der Waals surface area contributed by atoms with Gasteiger partial charge in [-0.05, 0) is 45.3 Å². The third kappa shape index (κ3) is 3.95. The van der Waals surface area contributed by atoms with E-state index in [2.05, 4.69) is 38.2 Å². The molecular formula is C14H29N3O. The summed E-state index contributed by atoms with van der Waals surface area (Å²) in [6.07, 6.45) is 3.25. The first-order valence-electron chi connectivity index (χ1n) is 7.11. The summed E-state index contributed by atoms with van der Waals surface area (Å²) < 4.78 is 0. The number of likely N-dealkylation sites (N-methyl/N-ethyl adjacent to an activating group) is 1. The van der Waals surface area contributed by atoms with Crippen LogP contribution in [-0.2, 0) is 4.79 Å². The molecule has 0 saturated heterocycles. The lowest BCUT2D eigenvalue weighted by Gasteiger charge is -2.29. The molecule has 0 radical (unpaired) electrons. The fourth-order valence-electron chi connectivity index (χ4n) is 3.01. The van der Waals surface area contributed by atoms with Crippen molar-refractivity contribution in [3.8, 4) is 0 Å². The number of nitrogens with two attached hydrogens (primary N) is 1. The Labute approximate surface area is 111 Å². The van der Waals surface area contributed by atoms with Crippen molar-refractivity contribution in [2.24, 2.45) is 23.5 Å². The predicted molar refractivity (Wildman–Crippen MR) is 75.2 cm³/mol. The van der Waals surface area contributed by atoms with Crippen molar-refractivity contribution in [3.63, 3.8) is 0 Å². The molecule has 1 amide bonds. The van der Waals surface area contributed by atoms with Crippen molar-refractivity contribution in [1.82, 2.24) is 10.2 Å². The Morgan fingerprint density at radius 2 is 2.06 bits per heavy atom. The largest absolute Gasteiger partial charge is 0.354 e. The van der Waals surface area contributed by atoms with Crippen LogP contribution in [0.5, 0.6) is 0 Å². The minimum Gasteiger partial charge on any atom is -0.354 e. The quantitative estimate of drug-likeness (QED) is 0.746. The van der Waals surface area contributed by atoms with Crippen molar-refractivity contribution in [2.75, 3.05) is 27.2 Å². The average molecular weight is 255 g/mol. The fourth-order valence-corrected chi connectivity index (χ4v) is 3.01. The van der Waals surface area contributed by atoms with Gasteiger partial charge in [0.1, 0.15) is 0 Å². The van der Waals surface area contributed by atoms with Gasteiger partial charge in [-0.25, -0.2) is 0 Å². The van der Waals surface area contributed by atoms with Crippen LogP contribution in [0.25, 0.3) is 0 Å². The first kappa shape index (κ1) is 15.4. The summed E-state index contributed by atoms with van der Waals surface area (Å²) in [4.78, 5) is 14.4. The Morgan fingerprint density at radius 1 is 1.39 bits per heavy atom. The Kier molecular flexibility index (Phi) is 6.09. The van der Waals surface area contributed by atoms with E-state index in [4.69, 9.17) is 5.73 Å². The molecule has 4 heteroatoms. The first-order chi connectivity index (χ1) is 8.47. The zero-order chi connectivity index (χ0) is 13.7. The summed E-state index contributed by atoms with van der Waals surface area (Å²) in [6.45, 7) is 5.75. The lowest BCUT2D eigenvalue weighted by molar-refractivity contribution is -0.126. The highest BCUT2D eigenvalue weighted by molar-refractivity contribution is 5.79. The van der Waals surface area contributed by atoms with Gasteiger partial charge in [-0.2, -0.15) is 0 Å². The summed E-state index contributed by atoms with van der Waals surface area (Å²) in [5, 5.41) is 3.12. The van der Waals surface area contributed by atoms with E-state index >= 15 is 0 Å². The molecule has 0 bridgehead atoms. The maximum Gasteiger partial charge on any atom is 0.223 e. The molecule has 18 heavy (non-hydrogen) atoms. The molecule has 0 aromatic rings. The van der Waals surface area contributed by atoms with E-state index in [1.54, 1.807) is 0 Å². The van der Waals surface area contributed by atoms with Gasteiger partial charge in [-0.1, -0.05) is 20.3 Å². The third-order valence-corrected chi connectivity index (χ3v) is 4.22. The maximum atomic E-state index is 12.2. The molecule has 0 heterocycles. The number of carbonyl (C=O) groups is 1. The molecule has 0 aliphatic heterocycles. The molecule has 0 aromatic heterocycles. The molecule has 0 spiro atoms. The Bertz CT molecular complexity index is 258. The number of nitrogens with one attached hydrogen (secondary N) is 1. The van der Waals surface area contributed by atoms with E-state index in [1.807, 2.05) is 0 Å². The standard InChI is InChI=1S/C14H29N3O/c1-10(2)13(17(3)4)9-16-14(18)12-7-5-6-11(12)8-15/h10-13H,5-9,15H2,1-4H3,(H,16,18). The number of nitrogens with zero attached hydrogens (tertiary/aromatic N) is 1. The minimum absolute atomic E-state index is 0.143. The van der Waals surface area contributed by atoms with Crippen molar-refractivity contribution < 1.29 is 4.79 Å². The summed E-state index contributed by atoms with van der Waals surface area (Å²) >= 11 is 0. The van der Waals surface area contributed by atoms with E-state index in [-0.39, 0.29) is 11.8 Å². The van der Waals surface area contributed by atoms with Crippen molar-refractivity contribution >= 4 is 5.91 Å². The van der Waals surface area contributed by atoms with Gasteiger partial charge in [0.05, 0.1) is 0 Å². The molecule has 1 fully saturated rings. The number of amides is 1. The van der Waals surface area contributed by atoms with Crippen LogP contribution >= 0.6 is 0 Å². The molecule has 1 rings (SSSR count). The highest BCUT2D eigenvalue weighted by Gasteiger charge is 2.32. The Balaban J connectivity index is 2.44. The van der Waals surface area contributed by atoms with Crippen LogP contribution in [-0.4, -0.2) is 44.0 Å². The monoisotopic (exact) mass is 255 g/mol. The van der Waals surface area contributed by atoms with Gasteiger partial charge < -0.3 is 16.0 Å². The number of hydrogen-bond acceptors (Lipinski definition) is 3. The molecule has 3 N–H and O–H groups in total. The average Bonchev–Trinajstić information content (AvgIpc) is 2.75. The third-order valence-electron chi connectivity index (χ3n) is 4.22. The van der Waals surface area contributed by atoms with Gasteiger partial charge in [-0.3, -0.25) is 4.79 Å². The van der Waals surface area contributed by atoms with Crippen molar-refractivity contribution in [2.45, 2.75) is 39.2 Å². The zero-order valence-electron chi connectivity index (χ0n) is 12.3. The summed E-state index contributed by atoms with van der Waals surface area (Å²) in [7, 11) is 4.13. The van der Waals surface area contributed by atoms with Crippen LogP contribution < -0.4 is 11.1 Å². The van der Waals surface area contributed by atoms with Gasteiger partial charge >= 0.3 is 0 Å². The SMILES string of the molecule is CC(C)C(CNC(=O)C1CCCC1CN)N(C)C. The lowest BCUT2D eigenvalue weighted by Crippen LogP contribution is -2.45. The van der Waals surface area contributed by atoms with Crippen LogP contribution in [0.3, 0.4) is 0 Å². The van der Waals surface area contributed by atoms with Crippen LogP contribution in [0.4, 0.5) is 0 Å². The molecule has 106 valence electrons. The van der Waals surface area contributed by atoms with E-state index in [1.165, 1.54) is 0 Å². The van der Waals surface area contributed by atoms with Gasteiger partial charge in [0.15, 0.2) is 0 Å². The van der Waals surface area contributed by atoms with Gasteiger partial charge in [0.25, 0.3) is 0 Å². The topological polar surface area (TPSA) is 58.4 Å². The molecular weight excluding hydrogens is 226 g/mol. The first-order valence-corrected chi connectivity index (χ1v) is 7.11. The Morgan fingerprint density at radius 3 is 2.56 bits per heavy atom. The summed E-state index contributed by atoms with van der Waals surface area (Å²) in [5.41, 5.74) is 5.73. The lowest BCUT2D eigenvalue weighted by atomic mass is 9.95. The zero-order valence-corrected chi connectivity index (χ0v) is 12.3. The summed E-state index contributed by atoms with van der Waals surface area (Å²) in [6, 6.07) is 0.395. The van der Waals surface area contributed by atoms with Gasteiger partial charge in [0.2, 0.25) is 5.91 Å². The molecule has 3 atom stereocenters. The van der Waals surface area contributed by atoms with E-state index in [9.17, 15) is 4.79 Å². The normalized spacial score (nSPS) is 25.7. The number of carbonyl (C=O) groups excluding carboxylic acids is 1. The minimum atomic E-state index is 0.143. The summed E-state index contributed by atoms with van der Waals surface area (Å²) in [5.74, 6) is 1.27. The van der Waals surface area contributed by atoms with Crippen LogP contribution in [0.2, 0.25) is 0 Å². The smallest absolute Gasteiger partial charge is 0.223 e. The second-order valence-corrected chi connectivity index (χ2v) is 6.05.